The smallest absolute Gasteiger partial charge is 0.410 e. The fourth-order valence-electron chi connectivity index (χ4n) is 2.56. The van der Waals surface area contributed by atoms with Crippen molar-refractivity contribution in [2.75, 3.05) is 6.54 Å². The number of fused-ring (bicyclic) bond motifs is 1. The second-order valence-corrected chi connectivity index (χ2v) is 6.61. The van der Waals surface area contributed by atoms with Gasteiger partial charge in [-0.2, -0.15) is 5.10 Å². The Hall–Kier alpha value is -2.29. The largest absolute Gasteiger partial charge is 0.444 e. The summed E-state index contributed by atoms with van der Waals surface area (Å²) in [7, 11) is 0. The summed E-state index contributed by atoms with van der Waals surface area (Å²) in [6.45, 7) is 7.01. The van der Waals surface area contributed by atoms with Crippen molar-refractivity contribution in [3.8, 4) is 12.3 Å². The van der Waals surface area contributed by atoms with Crippen molar-refractivity contribution in [3.05, 3.63) is 17.0 Å². The molecule has 1 aromatic rings. The van der Waals surface area contributed by atoms with Crippen LogP contribution in [-0.4, -0.2) is 39.2 Å². The molecular formula is C17H23N3O3. The van der Waals surface area contributed by atoms with Crippen molar-refractivity contribution >= 4 is 12.4 Å². The van der Waals surface area contributed by atoms with Gasteiger partial charge in [0.25, 0.3) is 0 Å². The molecule has 1 aliphatic heterocycles. The Morgan fingerprint density at radius 2 is 2.22 bits per heavy atom. The topological polar surface area (TPSA) is 64.4 Å². The molecule has 0 atom stereocenters. The fraction of sp³-hybridized carbons (Fsp3) is 0.588. The highest BCUT2D eigenvalue weighted by molar-refractivity contribution is 5.76. The normalized spacial score (nSPS) is 14.1. The highest BCUT2D eigenvalue weighted by atomic mass is 16.6. The third-order valence-corrected chi connectivity index (χ3v) is 3.60. The maximum Gasteiger partial charge on any atom is 0.410 e. The maximum atomic E-state index is 12.2. The molecule has 0 aromatic carbocycles. The van der Waals surface area contributed by atoms with E-state index in [1.807, 2.05) is 20.8 Å². The lowest BCUT2D eigenvalue weighted by molar-refractivity contribution is 0.0223. The number of aromatic nitrogens is 2. The lowest BCUT2D eigenvalue weighted by Crippen LogP contribution is -2.40. The van der Waals surface area contributed by atoms with Crippen LogP contribution < -0.4 is 0 Å². The van der Waals surface area contributed by atoms with Gasteiger partial charge in [0.1, 0.15) is 11.3 Å². The van der Waals surface area contributed by atoms with Gasteiger partial charge in [-0.3, -0.25) is 9.48 Å². The molecule has 1 aromatic heterocycles. The molecule has 0 N–H and O–H groups in total. The number of terminal acetylenes is 1. The Balaban J connectivity index is 2.15. The first-order chi connectivity index (χ1) is 10.9. The zero-order valence-electron chi connectivity index (χ0n) is 14.0. The lowest BCUT2D eigenvalue weighted by atomic mass is 10.1. The van der Waals surface area contributed by atoms with E-state index < -0.39 is 5.60 Å². The number of nitrogens with zero attached hydrogens (tertiary/aromatic N) is 3. The van der Waals surface area contributed by atoms with E-state index in [1.165, 1.54) is 0 Å². The molecule has 6 heteroatoms. The van der Waals surface area contributed by atoms with Crippen molar-refractivity contribution in [3.63, 3.8) is 0 Å². The van der Waals surface area contributed by atoms with Gasteiger partial charge in [0.2, 0.25) is 0 Å². The number of amides is 1. The minimum absolute atomic E-state index is 0.355. The van der Waals surface area contributed by atoms with Crippen molar-refractivity contribution in [2.24, 2.45) is 0 Å². The van der Waals surface area contributed by atoms with E-state index in [1.54, 1.807) is 9.58 Å². The fourth-order valence-corrected chi connectivity index (χ4v) is 2.56. The molecule has 1 aliphatic rings. The first-order valence-electron chi connectivity index (χ1n) is 7.81. The summed E-state index contributed by atoms with van der Waals surface area (Å²) in [5.74, 6) is 2.58. The molecule has 0 bridgehead atoms. The summed E-state index contributed by atoms with van der Waals surface area (Å²) in [6, 6.07) is 0. The molecule has 0 radical (unpaired) electrons. The molecule has 23 heavy (non-hydrogen) atoms. The number of unbranched alkanes of at least 4 members (excludes halogenated alkanes) is 1. The van der Waals surface area contributed by atoms with Gasteiger partial charge in [0.15, 0.2) is 6.29 Å². The maximum absolute atomic E-state index is 12.2. The molecule has 124 valence electrons. The Bertz CT molecular complexity index is 635. The average Bonchev–Trinajstić information content (AvgIpc) is 2.82. The minimum atomic E-state index is -0.537. The van der Waals surface area contributed by atoms with Crippen molar-refractivity contribution in [1.29, 1.82) is 0 Å². The van der Waals surface area contributed by atoms with Gasteiger partial charge in [0, 0.05) is 31.5 Å². The summed E-state index contributed by atoms with van der Waals surface area (Å²) in [6.07, 6.45) is 7.74. The SMILES string of the molecule is C#CCCCn1nc2c(c1C=O)CN(C(=O)OC(C)(C)C)CC2. The zero-order chi connectivity index (χ0) is 17.0. The molecule has 0 saturated carbocycles. The van der Waals surface area contributed by atoms with Gasteiger partial charge in [-0.15, -0.1) is 12.3 Å². The average molecular weight is 317 g/mol. The summed E-state index contributed by atoms with van der Waals surface area (Å²) >= 11 is 0. The molecule has 0 spiro atoms. The molecule has 1 amide bonds. The first kappa shape index (κ1) is 17.1. The Kier molecular flexibility index (Phi) is 5.09. The van der Waals surface area contributed by atoms with Crippen LogP contribution in [0, 0.1) is 12.3 Å². The Morgan fingerprint density at radius 1 is 1.48 bits per heavy atom. The predicted octanol–water partition coefficient (Wildman–Crippen LogP) is 2.40. The molecule has 0 fully saturated rings. The Morgan fingerprint density at radius 3 is 2.83 bits per heavy atom. The molecule has 0 saturated heterocycles. The number of carbonyl (C=O) groups excluding carboxylic acids is 2. The second-order valence-electron chi connectivity index (χ2n) is 6.61. The van der Waals surface area contributed by atoms with Crippen molar-refractivity contribution in [1.82, 2.24) is 14.7 Å². The van der Waals surface area contributed by atoms with Crippen molar-refractivity contribution in [2.45, 2.75) is 58.7 Å². The van der Waals surface area contributed by atoms with Crippen LogP contribution >= 0.6 is 0 Å². The molecule has 2 heterocycles. The van der Waals surface area contributed by atoms with Crippen LogP contribution in [-0.2, 0) is 24.2 Å². The third-order valence-electron chi connectivity index (χ3n) is 3.60. The van der Waals surface area contributed by atoms with Crippen LogP contribution in [0.3, 0.4) is 0 Å². The first-order valence-corrected chi connectivity index (χ1v) is 7.81. The van der Waals surface area contributed by atoms with Gasteiger partial charge in [0.05, 0.1) is 12.2 Å². The van der Waals surface area contributed by atoms with Crippen LogP contribution in [0.2, 0.25) is 0 Å². The van der Waals surface area contributed by atoms with E-state index in [0.29, 0.717) is 38.2 Å². The van der Waals surface area contributed by atoms with E-state index in [2.05, 4.69) is 11.0 Å². The monoisotopic (exact) mass is 317 g/mol. The van der Waals surface area contributed by atoms with Gasteiger partial charge in [-0.25, -0.2) is 4.79 Å². The third kappa shape index (κ3) is 4.13. The zero-order valence-corrected chi connectivity index (χ0v) is 14.0. The van der Waals surface area contributed by atoms with E-state index >= 15 is 0 Å². The molecule has 2 rings (SSSR count). The van der Waals surface area contributed by atoms with Crippen LogP contribution in [0.4, 0.5) is 4.79 Å². The van der Waals surface area contributed by atoms with Crippen LogP contribution in [0.25, 0.3) is 0 Å². The summed E-state index contributed by atoms with van der Waals surface area (Å²) < 4.78 is 7.10. The number of rotatable bonds is 4. The van der Waals surface area contributed by atoms with E-state index in [0.717, 1.165) is 24.0 Å². The van der Waals surface area contributed by atoms with Gasteiger partial charge in [-0.1, -0.05) is 0 Å². The predicted molar refractivity (Wildman–Crippen MR) is 86.0 cm³/mol. The summed E-state index contributed by atoms with van der Waals surface area (Å²) in [4.78, 5) is 25.3. The van der Waals surface area contributed by atoms with Gasteiger partial charge in [-0.05, 0) is 27.2 Å². The minimum Gasteiger partial charge on any atom is -0.444 e. The van der Waals surface area contributed by atoms with Crippen LogP contribution in [0.5, 0.6) is 0 Å². The van der Waals surface area contributed by atoms with E-state index in [9.17, 15) is 9.59 Å². The van der Waals surface area contributed by atoms with Gasteiger partial charge < -0.3 is 9.64 Å². The lowest BCUT2D eigenvalue weighted by Gasteiger charge is -2.29. The standard InChI is InChI=1S/C17H23N3O3/c1-5-6-7-9-20-15(12-21)13-11-19(10-8-14(13)18-20)16(22)23-17(2,3)4/h1,12H,6-11H2,2-4H3. The van der Waals surface area contributed by atoms with Crippen LogP contribution in [0.15, 0.2) is 0 Å². The highest BCUT2D eigenvalue weighted by Crippen LogP contribution is 2.23. The summed E-state index contributed by atoms with van der Waals surface area (Å²) in [5.41, 5.74) is 1.69. The molecule has 0 aliphatic carbocycles. The van der Waals surface area contributed by atoms with Crippen LogP contribution in [0.1, 0.15) is 55.4 Å². The number of carbonyl (C=O) groups is 2. The summed E-state index contributed by atoms with van der Waals surface area (Å²) in [5, 5.41) is 4.50. The number of aldehydes is 1. The Labute approximate surface area is 136 Å². The number of hydrogen-bond acceptors (Lipinski definition) is 4. The quantitative estimate of drug-likeness (QED) is 0.486. The molecule has 6 nitrogen and oxygen atoms in total. The van der Waals surface area contributed by atoms with E-state index in [-0.39, 0.29) is 6.09 Å². The second kappa shape index (κ2) is 6.86. The number of ether oxygens (including phenoxy) is 1. The van der Waals surface area contributed by atoms with Crippen molar-refractivity contribution < 1.29 is 14.3 Å². The highest BCUT2D eigenvalue weighted by Gasteiger charge is 2.29. The molecular weight excluding hydrogens is 294 g/mol. The van der Waals surface area contributed by atoms with Gasteiger partial charge >= 0.3 is 6.09 Å². The number of aryl methyl sites for hydroxylation is 1. The van der Waals surface area contributed by atoms with E-state index in [4.69, 9.17) is 11.2 Å². The number of hydrogen-bond donors (Lipinski definition) is 0. The molecule has 0 unspecified atom stereocenters.